The number of carboxylic acid groups (broad SMARTS) is 1. The summed E-state index contributed by atoms with van der Waals surface area (Å²) in [5, 5.41) is 11.7. The van der Waals surface area contributed by atoms with Crippen molar-refractivity contribution in [2.45, 2.75) is 19.4 Å². The average Bonchev–Trinajstić information content (AvgIpc) is 2.43. The molecule has 1 fully saturated rings. The molecule has 1 aliphatic heterocycles. The van der Waals surface area contributed by atoms with Crippen molar-refractivity contribution in [3.63, 3.8) is 0 Å². The minimum Gasteiger partial charge on any atom is -0.480 e. The molecule has 0 aliphatic carbocycles. The summed E-state index contributed by atoms with van der Waals surface area (Å²) in [6.45, 7) is 6.11. The van der Waals surface area contributed by atoms with Gasteiger partial charge in [0.1, 0.15) is 6.04 Å². The number of nitrogens with zero attached hydrogens (tertiary/aromatic N) is 2. The maximum absolute atomic E-state index is 12.0. The summed E-state index contributed by atoms with van der Waals surface area (Å²) in [5.41, 5.74) is 0. The first-order chi connectivity index (χ1) is 9.08. The van der Waals surface area contributed by atoms with Gasteiger partial charge in [0.25, 0.3) is 0 Å². The topological polar surface area (TPSA) is 72.9 Å². The Bertz CT molecular complexity index is 307. The number of amides is 2. The van der Waals surface area contributed by atoms with E-state index in [0.29, 0.717) is 19.5 Å². The monoisotopic (exact) mass is 289 g/mol. The summed E-state index contributed by atoms with van der Waals surface area (Å²) in [4.78, 5) is 27.0. The largest absolute Gasteiger partial charge is 0.480 e. The van der Waals surface area contributed by atoms with Gasteiger partial charge in [0.15, 0.2) is 0 Å². The smallest absolute Gasteiger partial charge is 0.326 e. The highest BCUT2D eigenvalue weighted by molar-refractivity contribution is 7.98. The van der Waals surface area contributed by atoms with E-state index in [1.165, 1.54) is 0 Å². The molecule has 0 aromatic heterocycles. The molecule has 0 spiro atoms. The summed E-state index contributed by atoms with van der Waals surface area (Å²) in [6, 6.07) is -1.05. The van der Waals surface area contributed by atoms with Crippen molar-refractivity contribution in [2.75, 3.05) is 44.7 Å². The molecule has 19 heavy (non-hydrogen) atoms. The third kappa shape index (κ3) is 5.28. The number of urea groups is 1. The molecule has 0 radical (unpaired) electrons. The lowest BCUT2D eigenvalue weighted by atomic mass is 10.2. The predicted octanol–water partition coefficient (Wildman–Crippen LogP) is 0.540. The van der Waals surface area contributed by atoms with Crippen LogP contribution in [0.5, 0.6) is 0 Å². The molecule has 1 heterocycles. The molecular formula is C12H23N3O3S. The molecule has 1 aliphatic rings. The summed E-state index contributed by atoms with van der Waals surface area (Å²) in [6.07, 6.45) is 2.38. The maximum Gasteiger partial charge on any atom is 0.326 e. The van der Waals surface area contributed by atoms with E-state index >= 15 is 0 Å². The first-order valence-electron chi connectivity index (χ1n) is 6.58. The van der Waals surface area contributed by atoms with Gasteiger partial charge in [-0.1, -0.05) is 6.92 Å². The Hall–Kier alpha value is -0.950. The highest BCUT2D eigenvalue weighted by Crippen LogP contribution is 2.05. The second kappa shape index (κ2) is 8.27. The number of hydrogen-bond donors (Lipinski definition) is 2. The summed E-state index contributed by atoms with van der Waals surface area (Å²) in [7, 11) is 0. The lowest BCUT2D eigenvalue weighted by Crippen LogP contribution is -2.54. The molecular weight excluding hydrogens is 266 g/mol. The van der Waals surface area contributed by atoms with E-state index in [-0.39, 0.29) is 6.03 Å². The van der Waals surface area contributed by atoms with Gasteiger partial charge in [0.05, 0.1) is 0 Å². The number of carboxylic acids is 1. The van der Waals surface area contributed by atoms with Gasteiger partial charge in [0, 0.05) is 26.2 Å². The second-order valence-electron chi connectivity index (χ2n) is 4.54. The molecule has 1 atom stereocenters. The number of thioether (sulfide) groups is 1. The van der Waals surface area contributed by atoms with Gasteiger partial charge in [-0.2, -0.15) is 11.8 Å². The fourth-order valence-corrected chi connectivity index (χ4v) is 2.47. The fraction of sp³-hybridized carbons (Fsp3) is 0.833. The highest BCUT2D eigenvalue weighted by atomic mass is 32.2. The van der Waals surface area contributed by atoms with Crippen molar-refractivity contribution in [1.82, 2.24) is 15.1 Å². The van der Waals surface area contributed by atoms with Crippen molar-refractivity contribution < 1.29 is 14.7 Å². The van der Waals surface area contributed by atoms with E-state index in [9.17, 15) is 9.59 Å². The van der Waals surface area contributed by atoms with Crippen molar-refractivity contribution in [3.8, 4) is 0 Å². The number of aliphatic carboxylic acids is 1. The van der Waals surface area contributed by atoms with Gasteiger partial charge >= 0.3 is 12.0 Å². The van der Waals surface area contributed by atoms with Crippen LogP contribution in [0.1, 0.15) is 13.3 Å². The standard InChI is InChI=1S/C12H23N3O3S/c1-3-14-5-7-15(8-6-14)12(18)13-10(11(16)17)4-9-19-2/h10H,3-9H2,1-2H3,(H,13,18)(H,16,17). The van der Waals surface area contributed by atoms with Gasteiger partial charge in [0.2, 0.25) is 0 Å². The Morgan fingerprint density at radius 2 is 1.95 bits per heavy atom. The number of rotatable bonds is 6. The zero-order chi connectivity index (χ0) is 14.3. The zero-order valence-corrected chi connectivity index (χ0v) is 12.4. The van der Waals surface area contributed by atoms with E-state index in [4.69, 9.17) is 5.11 Å². The SMILES string of the molecule is CCN1CCN(C(=O)NC(CCSC)C(=O)O)CC1. The summed E-state index contributed by atoms with van der Waals surface area (Å²) in [5.74, 6) is -0.240. The molecule has 1 saturated heterocycles. The van der Waals surface area contributed by atoms with Gasteiger partial charge < -0.3 is 20.2 Å². The fourth-order valence-electron chi connectivity index (χ4n) is 2.00. The van der Waals surface area contributed by atoms with E-state index in [0.717, 1.165) is 25.4 Å². The van der Waals surface area contributed by atoms with E-state index in [1.807, 2.05) is 6.26 Å². The third-order valence-corrected chi connectivity index (χ3v) is 3.96. The Morgan fingerprint density at radius 3 is 2.42 bits per heavy atom. The van der Waals surface area contributed by atoms with Gasteiger partial charge in [-0.05, 0) is 25.0 Å². The van der Waals surface area contributed by atoms with Crippen LogP contribution < -0.4 is 5.32 Å². The molecule has 7 heteroatoms. The molecule has 0 aromatic rings. The normalized spacial score (nSPS) is 18.1. The van der Waals surface area contributed by atoms with Crippen molar-refractivity contribution in [1.29, 1.82) is 0 Å². The van der Waals surface area contributed by atoms with Gasteiger partial charge in [-0.3, -0.25) is 0 Å². The number of likely N-dealkylation sites (N-methyl/N-ethyl adjacent to an activating group) is 1. The molecule has 0 bridgehead atoms. The van der Waals surface area contributed by atoms with Crippen LogP contribution in [-0.2, 0) is 4.79 Å². The molecule has 1 rings (SSSR count). The molecule has 6 nitrogen and oxygen atoms in total. The van der Waals surface area contributed by atoms with E-state index < -0.39 is 12.0 Å². The summed E-state index contributed by atoms with van der Waals surface area (Å²) >= 11 is 1.58. The minimum absolute atomic E-state index is 0.260. The lowest BCUT2D eigenvalue weighted by Gasteiger charge is -2.34. The Kier molecular flexibility index (Phi) is 7.01. The number of piperazine rings is 1. The Labute approximate surface area is 118 Å². The predicted molar refractivity (Wildman–Crippen MR) is 76.6 cm³/mol. The van der Waals surface area contributed by atoms with Crippen molar-refractivity contribution >= 4 is 23.8 Å². The average molecular weight is 289 g/mol. The van der Waals surface area contributed by atoms with Crippen LogP contribution in [0.3, 0.4) is 0 Å². The Balaban J connectivity index is 2.42. The van der Waals surface area contributed by atoms with Crippen LogP contribution >= 0.6 is 11.8 Å². The van der Waals surface area contributed by atoms with Gasteiger partial charge in [-0.25, -0.2) is 9.59 Å². The third-order valence-electron chi connectivity index (χ3n) is 3.31. The number of nitrogens with one attached hydrogen (secondary N) is 1. The van der Waals surface area contributed by atoms with Crippen LogP contribution in [0.2, 0.25) is 0 Å². The van der Waals surface area contributed by atoms with Gasteiger partial charge in [-0.15, -0.1) is 0 Å². The van der Waals surface area contributed by atoms with Crippen LogP contribution in [0.15, 0.2) is 0 Å². The number of carbonyl (C=O) groups is 2. The first-order valence-corrected chi connectivity index (χ1v) is 7.97. The van der Waals surface area contributed by atoms with E-state index in [1.54, 1.807) is 16.7 Å². The quantitative estimate of drug-likeness (QED) is 0.746. The Morgan fingerprint density at radius 1 is 1.32 bits per heavy atom. The molecule has 1 unspecified atom stereocenters. The van der Waals surface area contributed by atoms with Crippen LogP contribution in [0.25, 0.3) is 0 Å². The number of carbonyl (C=O) groups excluding carboxylic acids is 1. The summed E-state index contributed by atoms with van der Waals surface area (Å²) < 4.78 is 0. The van der Waals surface area contributed by atoms with Crippen LogP contribution in [-0.4, -0.2) is 77.7 Å². The number of hydrogen-bond acceptors (Lipinski definition) is 4. The van der Waals surface area contributed by atoms with Crippen LogP contribution in [0.4, 0.5) is 4.79 Å². The second-order valence-corrected chi connectivity index (χ2v) is 5.53. The molecule has 2 amide bonds. The first kappa shape index (κ1) is 16.1. The molecule has 2 N–H and O–H groups in total. The maximum atomic E-state index is 12.0. The lowest BCUT2D eigenvalue weighted by molar-refractivity contribution is -0.139. The van der Waals surface area contributed by atoms with Crippen molar-refractivity contribution in [3.05, 3.63) is 0 Å². The molecule has 0 saturated carbocycles. The van der Waals surface area contributed by atoms with Crippen LogP contribution in [0, 0.1) is 0 Å². The van der Waals surface area contributed by atoms with E-state index in [2.05, 4.69) is 17.1 Å². The van der Waals surface area contributed by atoms with Crippen molar-refractivity contribution in [2.24, 2.45) is 0 Å². The minimum atomic E-state index is -0.963. The zero-order valence-electron chi connectivity index (χ0n) is 11.6. The highest BCUT2D eigenvalue weighted by Gasteiger charge is 2.25. The molecule has 0 aromatic carbocycles. The molecule has 110 valence electrons.